The van der Waals surface area contributed by atoms with E-state index in [0.29, 0.717) is 0 Å². The second-order valence-corrected chi connectivity index (χ2v) is 4.76. The first-order chi connectivity index (χ1) is 7.20. The quantitative estimate of drug-likeness (QED) is 0.819. The minimum atomic E-state index is 0.0184. The molecule has 2 N–H and O–H groups in total. The summed E-state index contributed by atoms with van der Waals surface area (Å²) in [5.41, 5.74) is 10.1. The average molecular weight is 217 g/mol. The van der Waals surface area contributed by atoms with E-state index in [2.05, 4.69) is 43.5 Å². The van der Waals surface area contributed by atoms with Gasteiger partial charge in [-0.2, -0.15) is 0 Å². The Balaban J connectivity index is 2.42. The van der Waals surface area contributed by atoms with Gasteiger partial charge in [-0.1, -0.05) is 24.3 Å². The molecule has 2 heteroatoms. The van der Waals surface area contributed by atoms with Crippen LogP contribution in [0.3, 0.4) is 0 Å². The van der Waals surface area contributed by atoms with Crippen LogP contribution in [0.2, 0.25) is 0 Å². The first kappa shape index (κ1) is 10.4. The Morgan fingerprint density at radius 3 is 2.60 bits per heavy atom. The average Bonchev–Trinajstić information content (AvgIpc) is 2.74. The monoisotopic (exact) mass is 217 g/mol. The van der Waals surface area contributed by atoms with Gasteiger partial charge in [-0.25, -0.2) is 0 Å². The number of thiophene rings is 1. The number of benzene rings is 1. The molecule has 2 rings (SSSR count). The lowest BCUT2D eigenvalue weighted by molar-refractivity contribution is 0.879. The molecule has 0 fully saturated rings. The van der Waals surface area contributed by atoms with E-state index in [-0.39, 0.29) is 6.04 Å². The van der Waals surface area contributed by atoms with Gasteiger partial charge < -0.3 is 5.73 Å². The van der Waals surface area contributed by atoms with Gasteiger partial charge in [0.25, 0.3) is 0 Å². The lowest BCUT2D eigenvalue weighted by Crippen LogP contribution is -2.12. The Hall–Kier alpha value is -1.12. The molecule has 0 saturated carbocycles. The number of hydrogen-bond acceptors (Lipinski definition) is 2. The Kier molecular flexibility index (Phi) is 2.89. The summed E-state index contributed by atoms with van der Waals surface area (Å²) in [6.07, 6.45) is 0. The molecule has 0 aliphatic heterocycles. The van der Waals surface area contributed by atoms with Crippen LogP contribution in [0, 0.1) is 13.8 Å². The zero-order valence-corrected chi connectivity index (χ0v) is 9.84. The van der Waals surface area contributed by atoms with Crippen molar-refractivity contribution in [2.45, 2.75) is 19.9 Å². The van der Waals surface area contributed by atoms with Crippen molar-refractivity contribution >= 4 is 11.3 Å². The molecular weight excluding hydrogens is 202 g/mol. The van der Waals surface area contributed by atoms with Crippen LogP contribution in [0.25, 0.3) is 0 Å². The molecule has 1 aromatic heterocycles. The van der Waals surface area contributed by atoms with Crippen molar-refractivity contribution in [1.29, 1.82) is 0 Å². The molecule has 1 atom stereocenters. The molecular formula is C13H15NS. The van der Waals surface area contributed by atoms with Gasteiger partial charge >= 0.3 is 0 Å². The number of aryl methyl sites for hydroxylation is 1. The lowest BCUT2D eigenvalue weighted by atomic mass is 9.97. The summed E-state index contributed by atoms with van der Waals surface area (Å²) in [5, 5.41) is 2.07. The van der Waals surface area contributed by atoms with E-state index in [1.807, 2.05) is 6.07 Å². The molecule has 0 amide bonds. The van der Waals surface area contributed by atoms with E-state index >= 15 is 0 Å². The maximum absolute atomic E-state index is 6.24. The molecule has 1 heterocycles. The maximum Gasteiger partial charge on any atom is 0.0648 e. The third-order valence-corrected chi connectivity index (χ3v) is 3.79. The SMILES string of the molecule is Cc1cccc([C@H](N)c2cccs2)c1C. The van der Waals surface area contributed by atoms with Crippen molar-refractivity contribution in [3.63, 3.8) is 0 Å². The third kappa shape index (κ3) is 1.96. The fourth-order valence-corrected chi connectivity index (χ4v) is 2.48. The highest BCUT2D eigenvalue weighted by atomic mass is 32.1. The summed E-state index contributed by atoms with van der Waals surface area (Å²) in [6.45, 7) is 4.26. The van der Waals surface area contributed by atoms with Crippen LogP contribution in [0.4, 0.5) is 0 Å². The zero-order valence-electron chi connectivity index (χ0n) is 9.03. The van der Waals surface area contributed by atoms with Crippen LogP contribution >= 0.6 is 11.3 Å². The van der Waals surface area contributed by atoms with Crippen molar-refractivity contribution in [3.05, 3.63) is 57.3 Å². The molecule has 0 radical (unpaired) electrons. The van der Waals surface area contributed by atoms with Gasteiger partial charge in [0.05, 0.1) is 6.04 Å². The van der Waals surface area contributed by atoms with Crippen LogP contribution in [0.1, 0.15) is 27.6 Å². The summed E-state index contributed by atoms with van der Waals surface area (Å²) < 4.78 is 0. The lowest BCUT2D eigenvalue weighted by Gasteiger charge is -2.14. The molecule has 78 valence electrons. The van der Waals surface area contributed by atoms with Crippen LogP contribution in [-0.4, -0.2) is 0 Å². The highest BCUT2D eigenvalue weighted by molar-refractivity contribution is 7.10. The normalized spacial score (nSPS) is 12.7. The molecule has 0 unspecified atom stereocenters. The smallest absolute Gasteiger partial charge is 0.0648 e. The minimum Gasteiger partial charge on any atom is -0.320 e. The van der Waals surface area contributed by atoms with E-state index in [9.17, 15) is 0 Å². The molecule has 15 heavy (non-hydrogen) atoms. The van der Waals surface area contributed by atoms with Crippen molar-refractivity contribution in [2.24, 2.45) is 5.73 Å². The van der Waals surface area contributed by atoms with Crippen LogP contribution in [0.15, 0.2) is 35.7 Å². The van der Waals surface area contributed by atoms with E-state index in [1.54, 1.807) is 11.3 Å². The molecule has 0 spiro atoms. The highest BCUT2D eigenvalue weighted by Gasteiger charge is 2.12. The van der Waals surface area contributed by atoms with Gasteiger partial charge in [-0.05, 0) is 42.0 Å². The summed E-state index contributed by atoms with van der Waals surface area (Å²) in [6, 6.07) is 10.5. The van der Waals surface area contributed by atoms with E-state index in [0.717, 1.165) is 0 Å². The summed E-state index contributed by atoms with van der Waals surface area (Å²) in [7, 11) is 0. The van der Waals surface area contributed by atoms with Crippen LogP contribution in [-0.2, 0) is 0 Å². The van der Waals surface area contributed by atoms with Gasteiger partial charge in [-0.3, -0.25) is 0 Å². The summed E-state index contributed by atoms with van der Waals surface area (Å²) >= 11 is 1.72. The molecule has 0 aliphatic carbocycles. The van der Waals surface area contributed by atoms with E-state index < -0.39 is 0 Å². The number of hydrogen-bond donors (Lipinski definition) is 1. The fourth-order valence-electron chi connectivity index (χ4n) is 1.73. The van der Waals surface area contributed by atoms with Crippen molar-refractivity contribution in [3.8, 4) is 0 Å². The highest BCUT2D eigenvalue weighted by Crippen LogP contribution is 2.27. The Morgan fingerprint density at radius 1 is 1.13 bits per heavy atom. The maximum atomic E-state index is 6.24. The molecule has 2 aromatic rings. The number of nitrogens with two attached hydrogens (primary N) is 1. The predicted molar refractivity (Wildman–Crippen MR) is 66.3 cm³/mol. The van der Waals surface area contributed by atoms with Gasteiger partial charge in [0, 0.05) is 4.88 Å². The second kappa shape index (κ2) is 4.17. The second-order valence-electron chi connectivity index (χ2n) is 3.78. The van der Waals surface area contributed by atoms with Crippen molar-refractivity contribution in [2.75, 3.05) is 0 Å². The minimum absolute atomic E-state index is 0.0184. The molecule has 1 aromatic carbocycles. The van der Waals surface area contributed by atoms with Crippen molar-refractivity contribution in [1.82, 2.24) is 0 Å². The van der Waals surface area contributed by atoms with E-state index in [1.165, 1.54) is 21.6 Å². The summed E-state index contributed by atoms with van der Waals surface area (Å²) in [5.74, 6) is 0. The molecule has 0 aliphatic rings. The zero-order chi connectivity index (χ0) is 10.8. The fraction of sp³-hybridized carbons (Fsp3) is 0.231. The first-order valence-electron chi connectivity index (χ1n) is 5.05. The van der Waals surface area contributed by atoms with Crippen molar-refractivity contribution < 1.29 is 0 Å². The molecule has 1 nitrogen and oxygen atoms in total. The summed E-state index contributed by atoms with van der Waals surface area (Å²) in [4.78, 5) is 1.23. The third-order valence-electron chi connectivity index (χ3n) is 2.83. The van der Waals surface area contributed by atoms with Crippen LogP contribution < -0.4 is 5.73 Å². The van der Waals surface area contributed by atoms with E-state index in [4.69, 9.17) is 5.73 Å². The Morgan fingerprint density at radius 2 is 1.93 bits per heavy atom. The van der Waals surface area contributed by atoms with Crippen LogP contribution in [0.5, 0.6) is 0 Å². The predicted octanol–water partition coefficient (Wildman–Crippen LogP) is 3.41. The number of rotatable bonds is 2. The van der Waals surface area contributed by atoms with Gasteiger partial charge in [-0.15, -0.1) is 11.3 Å². The van der Waals surface area contributed by atoms with Gasteiger partial charge in [0.1, 0.15) is 0 Å². The van der Waals surface area contributed by atoms with Gasteiger partial charge in [0.2, 0.25) is 0 Å². The standard InChI is InChI=1S/C13H15NS/c1-9-5-3-6-11(10(9)2)13(14)12-7-4-8-15-12/h3-8,13H,14H2,1-2H3/t13-/m0/s1. The van der Waals surface area contributed by atoms with Gasteiger partial charge in [0.15, 0.2) is 0 Å². The Labute approximate surface area is 94.6 Å². The molecule has 0 saturated heterocycles. The Bertz CT molecular complexity index is 446. The first-order valence-corrected chi connectivity index (χ1v) is 5.93. The largest absolute Gasteiger partial charge is 0.320 e. The molecule has 0 bridgehead atoms. The topological polar surface area (TPSA) is 26.0 Å².